The van der Waals surface area contributed by atoms with Gasteiger partial charge in [-0.05, 0) is 50.1 Å². The lowest BCUT2D eigenvalue weighted by Crippen LogP contribution is -2.10. The number of nitrogens with zero attached hydrogens (tertiary/aromatic N) is 2. The summed E-state index contributed by atoms with van der Waals surface area (Å²) in [5, 5.41) is 7.17. The molecule has 0 aliphatic rings. The Morgan fingerprint density at radius 3 is 2.59 bits per heavy atom. The van der Waals surface area contributed by atoms with Gasteiger partial charge in [0.05, 0.1) is 23.8 Å². The van der Waals surface area contributed by atoms with Gasteiger partial charge in [0.25, 0.3) is 0 Å². The molecule has 0 aliphatic heterocycles. The van der Waals surface area contributed by atoms with Gasteiger partial charge in [0.1, 0.15) is 13.7 Å². The van der Waals surface area contributed by atoms with Crippen molar-refractivity contribution in [1.29, 1.82) is 0 Å². The fourth-order valence-electron chi connectivity index (χ4n) is 2.86. The first-order valence-corrected chi connectivity index (χ1v) is 12.7. The Bertz CT molecular complexity index is 1190. The molecule has 0 atom stereocenters. The van der Waals surface area contributed by atoms with Gasteiger partial charge >= 0.3 is 0 Å². The average molecular weight is 471 g/mol. The Labute approximate surface area is 192 Å². The lowest BCUT2D eigenvalue weighted by atomic mass is 10.1. The number of hydrogen-bond acceptors (Lipinski definition) is 6. The van der Waals surface area contributed by atoms with Gasteiger partial charge in [-0.1, -0.05) is 36.4 Å². The third kappa shape index (κ3) is 5.96. The molecule has 9 heteroatoms. The van der Waals surface area contributed by atoms with Crippen LogP contribution in [-0.4, -0.2) is 29.2 Å². The third-order valence-corrected chi connectivity index (χ3v) is 6.52. The number of carbonyl (C=O) groups excluding carboxylic acids is 1. The van der Waals surface area contributed by atoms with Crippen molar-refractivity contribution in [2.24, 2.45) is 0 Å². The average Bonchev–Trinajstić information content (AvgIpc) is 2.75. The minimum atomic E-state index is -2.40. The quantitative estimate of drug-likeness (QED) is 0.350. The summed E-state index contributed by atoms with van der Waals surface area (Å²) in [6.07, 6.45) is 4.28. The molecule has 0 saturated carbocycles. The van der Waals surface area contributed by atoms with E-state index in [0.717, 1.165) is 16.4 Å². The number of rotatable bonds is 8. The fraction of sp³-hybridized carbons (Fsp3) is 0.174. The van der Waals surface area contributed by atoms with Crippen LogP contribution in [0.1, 0.15) is 11.1 Å². The SMILES string of the molecule is C=CC(=O)Nc1cccc(C)c1Nc1ncc(OCc2cc(P(C)(C)=O)ccc2Cl)cn1. The Kier molecular flexibility index (Phi) is 7.33. The van der Waals surface area contributed by atoms with Gasteiger partial charge in [0, 0.05) is 15.9 Å². The number of ether oxygens (including phenoxy) is 1. The maximum absolute atomic E-state index is 12.3. The number of carbonyl (C=O) groups is 1. The summed E-state index contributed by atoms with van der Waals surface area (Å²) >= 11 is 6.26. The molecule has 0 aliphatic carbocycles. The number of halogens is 1. The number of aryl methyl sites for hydroxylation is 1. The number of benzene rings is 2. The van der Waals surface area contributed by atoms with Gasteiger partial charge in [-0.3, -0.25) is 4.79 Å². The number of hydrogen-bond donors (Lipinski definition) is 2. The van der Waals surface area contributed by atoms with Crippen LogP contribution in [0.2, 0.25) is 5.02 Å². The summed E-state index contributed by atoms with van der Waals surface area (Å²) in [6.45, 7) is 9.00. The highest BCUT2D eigenvalue weighted by Gasteiger charge is 2.14. The van der Waals surface area contributed by atoms with Crippen LogP contribution in [0.3, 0.4) is 0 Å². The summed E-state index contributed by atoms with van der Waals surface area (Å²) in [6, 6.07) is 10.8. The van der Waals surface area contributed by atoms with Crippen LogP contribution in [0.15, 0.2) is 61.4 Å². The molecule has 0 radical (unpaired) electrons. The van der Waals surface area contributed by atoms with Gasteiger partial charge in [-0.15, -0.1) is 0 Å². The van der Waals surface area contributed by atoms with Crippen molar-refractivity contribution in [3.05, 3.63) is 77.6 Å². The first kappa shape index (κ1) is 23.5. The van der Waals surface area contributed by atoms with Crippen molar-refractivity contribution in [3.63, 3.8) is 0 Å². The summed E-state index contributed by atoms with van der Waals surface area (Å²) in [5.41, 5.74) is 2.92. The molecular weight excluding hydrogens is 447 g/mol. The van der Waals surface area contributed by atoms with Crippen molar-refractivity contribution < 1.29 is 14.1 Å². The second-order valence-corrected chi connectivity index (χ2v) is 11.1. The van der Waals surface area contributed by atoms with Crippen LogP contribution in [0.4, 0.5) is 17.3 Å². The molecular formula is C23H24ClN4O3P. The monoisotopic (exact) mass is 470 g/mol. The molecule has 2 N–H and O–H groups in total. The molecule has 7 nitrogen and oxygen atoms in total. The van der Waals surface area contributed by atoms with Crippen molar-refractivity contribution in [1.82, 2.24) is 9.97 Å². The maximum Gasteiger partial charge on any atom is 0.247 e. The van der Waals surface area contributed by atoms with Gasteiger partial charge in [0.2, 0.25) is 11.9 Å². The molecule has 3 rings (SSSR count). The number of aromatic nitrogens is 2. The Balaban J connectivity index is 1.71. The zero-order valence-corrected chi connectivity index (χ0v) is 19.7. The molecule has 32 heavy (non-hydrogen) atoms. The number of para-hydroxylation sites is 1. The Hall–Kier alpha value is -3.15. The van der Waals surface area contributed by atoms with Gasteiger partial charge in [-0.25, -0.2) is 9.97 Å². The van der Waals surface area contributed by atoms with Crippen molar-refractivity contribution >= 4 is 47.3 Å². The molecule has 1 amide bonds. The van der Waals surface area contributed by atoms with E-state index in [1.165, 1.54) is 18.5 Å². The van der Waals surface area contributed by atoms with Crippen LogP contribution in [0.25, 0.3) is 0 Å². The third-order valence-electron chi connectivity index (χ3n) is 4.63. The van der Waals surface area contributed by atoms with E-state index in [1.54, 1.807) is 37.6 Å². The van der Waals surface area contributed by atoms with Crippen LogP contribution in [-0.2, 0) is 16.0 Å². The molecule has 0 bridgehead atoms. The van der Waals surface area contributed by atoms with Gasteiger partial charge < -0.3 is 19.9 Å². The topological polar surface area (TPSA) is 93.2 Å². The molecule has 0 fully saturated rings. The van der Waals surface area contributed by atoms with Crippen LogP contribution < -0.4 is 20.7 Å². The second-order valence-electron chi connectivity index (χ2n) is 7.47. The van der Waals surface area contributed by atoms with E-state index < -0.39 is 7.14 Å². The predicted octanol–water partition coefficient (Wildman–Crippen LogP) is 5.13. The zero-order chi connectivity index (χ0) is 23.3. The highest BCUT2D eigenvalue weighted by Crippen LogP contribution is 2.35. The van der Waals surface area contributed by atoms with Crippen LogP contribution >= 0.6 is 18.7 Å². The molecule has 1 heterocycles. The van der Waals surface area contributed by atoms with Gasteiger partial charge in [0.15, 0.2) is 5.75 Å². The zero-order valence-electron chi connectivity index (χ0n) is 18.1. The highest BCUT2D eigenvalue weighted by atomic mass is 35.5. The first-order valence-electron chi connectivity index (χ1n) is 9.76. The van der Waals surface area contributed by atoms with E-state index in [9.17, 15) is 9.36 Å². The molecule has 0 spiro atoms. The Morgan fingerprint density at radius 2 is 1.94 bits per heavy atom. The minimum absolute atomic E-state index is 0.193. The van der Waals surface area contributed by atoms with E-state index in [4.69, 9.17) is 16.3 Å². The molecule has 2 aromatic carbocycles. The molecule has 3 aromatic rings. The second kappa shape index (κ2) is 9.98. The molecule has 0 saturated heterocycles. The molecule has 0 unspecified atom stereocenters. The van der Waals surface area contributed by atoms with Crippen LogP contribution in [0, 0.1) is 6.92 Å². The van der Waals surface area contributed by atoms with E-state index in [1.807, 2.05) is 19.1 Å². The van der Waals surface area contributed by atoms with Crippen molar-refractivity contribution in [3.8, 4) is 5.75 Å². The van der Waals surface area contributed by atoms with Gasteiger partial charge in [-0.2, -0.15) is 0 Å². The largest absolute Gasteiger partial charge is 0.486 e. The summed E-state index contributed by atoms with van der Waals surface area (Å²) in [7, 11) is -2.40. The van der Waals surface area contributed by atoms with E-state index >= 15 is 0 Å². The van der Waals surface area contributed by atoms with E-state index in [2.05, 4.69) is 27.2 Å². The number of amides is 1. The van der Waals surface area contributed by atoms with E-state index in [0.29, 0.717) is 28.1 Å². The Morgan fingerprint density at radius 1 is 1.22 bits per heavy atom. The van der Waals surface area contributed by atoms with E-state index in [-0.39, 0.29) is 12.5 Å². The minimum Gasteiger partial charge on any atom is -0.486 e. The van der Waals surface area contributed by atoms with Crippen molar-refractivity contribution in [2.45, 2.75) is 13.5 Å². The predicted molar refractivity (Wildman–Crippen MR) is 130 cm³/mol. The summed E-state index contributed by atoms with van der Waals surface area (Å²) in [4.78, 5) is 20.3. The number of anilines is 3. The first-order chi connectivity index (χ1) is 15.2. The normalized spacial score (nSPS) is 11.0. The summed E-state index contributed by atoms with van der Waals surface area (Å²) < 4.78 is 18.1. The van der Waals surface area contributed by atoms with Crippen LogP contribution in [0.5, 0.6) is 5.75 Å². The molecule has 166 valence electrons. The lowest BCUT2D eigenvalue weighted by Gasteiger charge is -2.14. The smallest absolute Gasteiger partial charge is 0.247 e. The summed E-state index contributed by atoms with van der Waals surface area (Å²) in [5.74, 6) is 0.491. The highest BCUT2D eigenvalue weighted by molar-refractivity contribution is 7.70. The maximum atomic E-state index is 12.3. The molecule has 1 aromatic heterocycles. The number of nitrogens with one attached hydrogen (secondary N) is 2. The lowest BCUT2D eigenvalue weighted by molar-refractivity contribution is -0.111. The standard InChI is InChI=1S/C23H24ClN4O3P/c1-5-21(29)27-20-8-6-7-15(2)22(20)28-23-25-12-17(13-26-23)31-14-16-11-18(32(3,4)30)9-10-19(16)24/h5-13H,1,14H2,2-4H3,(H,27,29)(H,25,26,28). The fourth-order valence-corrected chi connectivity index (χ4v) is 3.93. The van der Waals surface area contributed by atoms with Crippen molar-refractivity contribution in [2.75, 3.05) is 24.0 Å².